The zero-order valence-electron chi connectivity index (χ0n) is 8.69. The maximum atomic E-state index is 11.5. The van der Waals surface area contributed by atoms with Crippen LogP contribution >= 0.6 is 15.9 Å². The molecule has 0 atom stereocenters. The predicted octanol–water partition coefficient (Wildman–Crippen LogP) is 2.05. The van der Waals surface area contributed by atoms with Crippen molar-refractivity contribution in [2.24, 2.45) is 0 Å². The quantitative estimate of drug-likeness (QED) is 0.644. The molecule has 1 heterocycles. The Bertz CT molecular complexity index is 659. The van der Waals surface area contributed by atoms with Crippen molar-refractivity contribution in [3.05, 3.63) is 38.7 Å². The lowest BCUT2D eigenvalue weighted by atomic mass is 10.1. The molecule has 0 spiro atoms. The van der Waals surface area contributed by atoms with Gasteiger partial charge >= 0.3 is 11.6 Å². The summed E-state index contributed by atoms with van der Waals surface area (Å²) in [5.41, 5.74) is -1.24. The molecule has 0 aliphatic carbocycles. The average molecular weight is 299 g/mol. The lowest BCUT2D eigenvalue weighted by molar-refractivity contribution is 0.0593. The van der Waals surface area contributed by atoms with Crippen LogP contribution in [0.3, 0.4) is 0 Å². The Morgan fingerprint density at radius 3 is 2.82 bits per heavy atom. The first-order valence-corrected chi connectivity index (χ1v) is 5.37. The van der Waals surface area contributed by atoms with Crippen molar-refractivity contribution < 1.29 is 19.1 Å². The maximum absolute atomic E-state index is 11.5. The molecule has 88 valence electrons. The summed E-state index contributed by atoms with van der Waals surface area (Å²) >= 11 is 3.21. The van der Waals surface area contributed by atoms with E-state index < -0.39 is 22.9 Å². The number of benzene rings is 1. The largest absolute Gasteiger partial charge is 0.506 e. The van der Waals surface area contributed by atoms with Gasteiger partial charge in [-0.2, -0.15) is 0 Å². The first-order valence-electron chi connectivity index (χ1n) is 4.58. The van der Waals surface area contributed by atoms with Crippen molar-refractivity contribution in [1.29, 1.82) is 0 Å². The Kier molecular flexibility index (Phi) is 2.89. The standard InChI is InChI=1S/C11H7BrO5/c1-16-10(14)8-9(13)6-3-2-5(12)4-7(6)17-11(8)15/h2-4,13H,1H3. The molecular formula is C11H7BrO5. The average Bonchev–Trinajstić information content (AvgIpc) is 2.28. The van der Waals surface area contributed by atoms with Crippen molar-refractivity contribution in [3.8, 4) is 5.75 Å². The Labute approximate surface area is 104 Å². The Morgan fingerprint density at radius 1 is 1.47 bits per heavy atom. The van der Waals surface area contributed by atoms with E-state index in [0.29, 0.717) is 4.47 Å². The zero-order valence-corrected chi connectivity index (χ0v) is 10.3. The Hall–Kier alpha value is -1.82. The normalized spacial score (nSPS) is 10.5. The Morgan fingerprint density at radius 2 is 2.18 bits per heavy atom. The van der Waals surface area contributed by atoms with Gasteiger partial charge in [-0.1, -0.05) is 15.9 Å². The van der Waals surface area contributed by atoms with Gasteiger partial charge in [-0.05, 0) is 18.2 Å². The van der Waals surface area contributed by atoms with Crippen LogP contribution in [0.5, 0.6) is 5.75 Å². The minimum atomic E-state index is -0.931. The van der Waals surface area contributed by atoms with Gasteiger partial charge in [0.2, 0.25) is 0 Å². The van der Waals surface area contributed by atoms with Gasteiger partial charge < -0.3 is 14.3 Å². The number of hydrogen-bond donors (Lipinski definition) is 1. The summed E-state index contributed by atoms with van der Waals surface area (Å²) in [7, 11) is 1.12. The summed E-state index contributed by atoms with van der Waals surface area (Å²) in [6, 6.07) is 4.71. The van der Waals surface area contributed by atoms with Crippen molar-refractivity contribution in [2.45, 2.75) is 0 Å². The molecule has 0 bridgehead atoms. The van der Waals surface area contributed by atoms with E-state index in [1.165, 1.54) is 12.1 Å². The fourth-order valence-electron chi connectivity index (χ4n) is 1.44. The van der Waals surface area contributed by atoms with Gasteiger partial charge in [-0.25, -0.2) is 9.59 Å². The van der Waals surface area contributed by atoms with E-state index in [1.807, 2.05) is 0 Å². The molecule has 1 N–H and O–H groups in total. The zero-order chi connectivity index (χ0) is 12.6. The van der Waals surface area contributed by atoms with E-state index >= 15 is 0 Å². The molecule has 1 aromatic heterocycles. The third kappa shape index (κ3) is 1.91. The maximum Gasteiger partial charge on any atom is 0.354 e. The van der Waals surface area contributed by atoms with Gasteiger partial charge in [-0.15, -0.1) is 0 Å². The van der Waals surface area contributed by atoms with Crippen molar-refractivity contribution in [1.82, 2.24) is 0 Å². The fraction of sp³-hybridized carbons (Fsp3) is 0.0909. The lowest BCUT2D eigenvalue weighted by Crippen LogP contribution is -2.15. The number of halogens is 1. The van der Waals surface area contributed by atoms with Crippen LogP contribution in [-0.4, -0.2) is 18.2 Å². The molecule has 0 amide bonds. The highest BCUT2D eigenvalue weighted by molar-refractivity contribution is 9.10. The number of ether oxygens (including phenoxy) is 1. The van der Waals surface area contributed by atoms with Crippen molar-refractivity contribution in [3.63, 3.8) is 0 Å². The van der Waals surface area contributed by atoms with E-state index in [4.69, 9.17) is 4.42 Å². The van der Waals surface area contributed by atoms with E-state index in [9.17, 15) is 14.7 Å². The van der Waals surface area contributed by atoms with Crippen LogP contribution < -0.4 is 5.63 Å². The number of methoxy groups -OCH3 is 1. The fourth-order valence-corrected chi connectivity index (χ4v) is 1.78. The molecular weight excluding hydrogens is 292 g/mol. The minimum Gasteiger partial charge on any atom is -0.506 e. The molecule has 1 aromatic carbocycles. The monoisotopic (exact) mass is 298 g/mol. The number of fused-ring (bicyclic) bond motifs is 1. The molecule has 0 saturated carbocycles. The summed E-state index contributed by atoms with van der Waals surface area (Å²) in [4.78, 5) is 22.8. The van der Waals surface area contributed by atoms with E-state index in [0.717, 1.165) is 7.11 Å². The third-order valence-corrected chi connectivity index (χ3v) is 2.73. The number of carbonyl (C=O) groups excluding carboxylic acids is 1. The number of aromatic hydroxyl groups is 1. The van der Waals surface area contributed by atoms with Gasteiger partial charge in [-0.3, -0.25) is 0 Å². The Balaban J connectivity index is 2.85. The smallest absolute Gasteiger partial charge is 0.354 e. The van der Waals surface area contributed by atoms with Gasteiger partial charge in [0, 0.05) is 4.47 Å². The molecule has 2 rings (SSSR count). The highest BCUT2D eigenvalue weighted by atomic mass is 79.9. The van der Waals surface area contributed by atoms with E-state index in [1.54, 1.807) is 6.07 Å². The van der Waals surface area contributed by atoms with Crippen LogP contribution in [0.15, 0.2) is 31.9 Å². The second-order valence-corrected chi connectivity index (χ2v) is 4.16. The SMILES string of the molecule is COC(=O)c1c(O)c2ccc(Br)cc2oc1=O. The molecule has 0 radical (unpaired) electrons. The second-order valence-electron chi connectivity index (χ2n) is 3.25. The third-order valence-electron chi connectivity index (χ3n) is 2.23. The highest BCUT2D eigenvalue weighted by Crippen LogP contribution is 2.28. The van der Waals surface area contributed by atoms with Gasteiger partial charge in [0.15, 0.2) is 5.56 Å². The number of rotatable bonds is 1. The second kappa shape index (κ2) is 4.21. The molecule has 0 saturated heterocycles. The number of carbonyl (C=O) groups is 1. The van der Waals surface area contributed by atoms with Crippen LogP contribution in [0.2, 0.25) is 0 Å². The summed E-state index contributed by atoms with van der Waals surface area (Å²) < 4.78 is 10.0. The van der Waals surface area contributed by atoms with E-state index in [-0.39, 0.29) is 11.0 Å². The molecule has 6 heteroatoms. The van der Waals surface area contributed by atoms with Gasteiger partial charge in [0.1, 0.15) is 11.3 Å². The number of hydrogen-bond acceptors (Lipinski definition) is 5. The topological polar surface area (TPSA) is 76.7 Å². The van der Waals surface area contributed by atoms with Crippen LogP contribution in [0, 0.1) is 0 Å². The molecule has 0 aliphatic heterocycles. The first-order chi connectivity index (χ1) is 8.04. The molecule has 17 heavy (non-hydrogen) atoms. The molecule has 0 unspecified atom stereocenters. The highest BCUT2D eigenvalue weighted by Gasteiger charge is 2.21. The summed E-state index contributed by atoms with van der Waals surface area (Å²) in [6.45, 7) is 0. The lowest BCUT2D eigenvalue weighted by Gasteiger charge is -2.04. The number of esters is 1. The van der Waals surface area contributed by atoms with Gasteiger partial charge in [0.05, 0.1) is 12.5 Å². The van der Waals surface area contributed by atoms with Crippen molar-refractivity contribution >= 4 is 32.9 Å². The molecule has 5 nitrogen and oxygen atoms in total. The first kappa shape index (κ1) is 11.7. The van der Waals surface area contributed by atoms with Gasteiger partial charge in [0.25, 0.3) is 0 Å². The predicted molar refractivity (Wildman–Crippen MR) is 63.2 cm³/mol. The summed E-state index contributed by atoms with van der Waals surface area (Å²) in [5.74, 6) is -1.36. The molecule has 2 aromatic rings. The minimum absolute atomic E-state index is 0.189. The van der Waals surface area contributed by atoms with Crippen LogP contribution in [0.1, 0.15) is 10.4 Å². The molecule has 0 fully saturated rings. The van der Waals surface area contributed by atoms with Crippen molar-refractivity contribution in [2.75, 3.05) is 7.11 Å². The van der Waals surface area contributed by atoms with Crippen LogP contribution in [0.25, 0.3) is 11.0 Å². The molecule has 0 aliphatic rings. The van der Waals surface area contributed by atoms with Crippen LogP contribution in [0.4, 0.5) is 0 Å². The summed E-state index contributed by atoms with van der Waals surface area (Å²) in [6.07, 6.45) is 0. The van der Waals surface area contributed by atoms with E-state index in [2.05, 4.69) is 20.7 Å². The summed E-state index contributed by atoms with van der Waals surface area (Å²) in [5, 5.41) is 10.1. The van der Waals surface area contributed by atoms with Crippen LogP contribution in [-0.2, 0) is 4.74 Å².